The molecule has 0 radical (unpaired) electrons. The lowest BCUT2D eigenvalue weighted by Gasteiger charge is -2.18. The van der Waals surface area contributed by atoms with E-state index < -0.39 is 11.9 Å². The second-order valence-corrected chi connectivity index (χ2v) is 3.54. The molecule has 2 amide bonds. The molecular weight excluding hydrogens is 212 g/mol. The molecule has 6 nitrogen and oxygen atoms in total. The van der Waals surface area contributed by atoms with Crippen molar-refractivity contribution in [1.29, 1.82) is 0 Å². The van der Waals surface area contributed by atoms with Crippen LogP contribution in [-0.4, -0.2) is 55.9 Å². The van der Waals surface area contributed by atoms with Crippen LogP contribution in [0.1, 0.15) is 13.3 Å². The molecule has 0 saturated heterocycles. The second kappa shape index (κ2) is 7.92. The second-order valence-electron chi connectivity index (χ2n) is 3.54. The molecule has 0 rings (SSSR count). The average molecular weight is 232 g/mol. The van der Waals surface area contributed by atoms with Crippen LogP contribution in [0.25, 0.3) is 0 Å². The summed E-state index contributed by atoms with van der Waals surface area (Å²) in [6.45, 7) is 2.87. The Hall–Kier alpha value is -1.30. The molecule has 2 N–H and O–H groups in total. The van der Waals surface area contributed by atoms with Gasteiger partial charge in [0.1, 0.15) is 0 Å². The maximum Gasteiger partial charge on any atom is 0.317 e. The first-order chi connectivity index (χ1) is 7.52. The van der Waals surface area contributed by atoms with Gasteiger partial charge in [0.25, 0.3) is 0 Å². The third-order valence-corrected chi connectivity index (χ3v) is 2.32. The molecule has 0 spiro atoms. The molecular formula is C10H20N2O4. The fourth-order valence-corrected chi connectivity index (χ4v) is 1.08. The monoisotopic (exact) mass is 232 g/mol. The van der Waals surface area contributed by atoms with Gasteiger partial charge < -0.3 is 20.1 Å². The molecule has 16 heavy (non-hydrogen) atoms. The van der Waals surface area contributed by atoms with Crippen LogP contribution in [0.2, 0.25) is 0 Å². The highest BCUT2D eigenvalue weighted by Crippen LogP contribution is 2.00. The zero-order valence-electron chi connectivity index (χ0n) is 10.0. The van der Waals surface area contributed by atoms with E-state index in [9.17, 15) is 9.59 Å². The fourth-order valence-electron chi connectivity index (χ4n) is 1.08. The molecule has 0 aliphatic carbocycles. The molecule has 94 valence electrons. The molecule has 0 aliphatic rings. The first-order valence-electron chi connectivity index (χ1n) is 5.23. The van der Waals surface area contributed by atoms with Gasteiger partial charge >= 0.3 is 12.0 Å². The molecule has 0 aromatic rings. The molecule has 0 saturated carbocycles. The summed E-state index contributed by atoms with van der Waals surface area (Å²) in [6.07, 6.45) is 0.497. The number of nitrogens with zero attached hydrogens (tertiary/aromatic N) is 1. The third-order valence-electron chi connectivity index (χ3n) is 2.32. The van der Waals surface area contributed by atoms with Gasteiger partial charge in [-0.25, -0.2) is 4.79 Å². The molecule has 0 aromatic carbocycles. The number of carboxylic acids is 1. The van der Waals surface area contributed by atoms with Crippen molar-refractivity contribution in [1.82, 2.24) is 10.2 Å². The Labute approximate surface area is 95.6 Å². The first-order valence-corrected chi connectivity index (χ1v) is 5.23. The maximum atomic E-state index is 11.5. The van der Waals surface area contributed by atoms with Crippen LogP contribution in [-0.2, 0) is 9.53 Å². The van der Waals surface area contributed by atoms with Crippen LogP contribution >= 0.6 is 0 Å². The smallest absolute Gasteiger partial charge is 0.317 e. The van der Waals surface area contributed by atoms with Crippen molar-refractivity contribution in [2.45, 2.75) is 13.3 Å². The van der Waals surface area contributed by atoms with Crippen molar-refractivity contribution in [2.75, 3.05) is 33.9 Å². The molecule has 1 unspecified atom stereocenters. The molecule has 0 heterocycles. The summed E-state index contributed by atoms with van der Waals surface area (Å²) >= 11 is 0. The van der Waals surface area contributed by atoms with E-state index >= 15 is 0 Å². The van der Waals surface area contributed by atoms with Crippen molar-refractivity contribution >= 4 is 12.0 Å². The van der Waals surface area contributed by atoms with E-state index in [2.05, 4.69) is 5.32 Å². The lowest BCUT2D eigenvalue weighted by molar-refractivity contribution is -0.141. The molecule has 0 aliphatic heterocycles. The van der Waals surface area contributed by atoms with Gasteiger partial charge in [-0.05, 0) is 6.42 Å². The topological polar surface area (TPSA) is 78.9 Å². The van der Waals surface area contributed by atoms with Gasteiger partial charge in [-0.1, -0.05) is 6.92 Å². The molecule has 0 fully saturated rings. The van der Waals surface area contributed by atoms with Crippen molar-refractivity contribution in [2.24, 2.45) is 5.92 Å². The van der Waals surface area contributed by atoms with Gasteiger partial charge in [-0.15, -0.1) is 0 Å². The molecule has 0 bridgehead atoms. The highest BCUT2D eigenvalue weighted by atomic mass is 16.5. The number of urea groups is 1. The summed E-state index contributed by atoms with van der Waals surface area (Å²) in [5, 5.41) is 11.4. The minimum absolute atomic E-state index is 0.155. The van der Waals surface area contributed by atoms with Crippen LogP contribution < -0.4 is 5.32 Å². The van der Waals surface area contributed by atoms with Gasteiger partial charge in [0, 0.05) is 27.2 Å². The Morgan fingerprint density at radius 1 is 1.50 bits per heavy atom. The minimum Gasteiger partial charge on any atom is -0.481 e. The Kier molecular flexibility index (Phi) is 7.28. The maximum absolute atomic E-state index is 11.5. The Balaban J connectivity index is 3.91. The van der Waals surface area contributed by atoms with Crippen molar-refractivity contribution in [3.05, 3.63) is 0 Å². The van der Waals surface area contributed by atoms with Crippen LogP contribution in [0.3, 0.4) is 0 Å². The van der Waals surface area contributed by atoms with Gasteiger partial charge in [0.2, 0.25) is 0 Å². The fraction of sp³-hybridized carbons (Fsp3) is 0.800. The standard InChI is InChI=1S/C10H20N2O4/c1-4-8(9(13)14)7-11-10(15)12(2)5-6-16-3/h8H,4-7H2,1-3H3,(H,11,15)(H,13,14). The molecule has 6 heteroatoms. The number of likely N-dealkylation sites (N-methyl/N-ethyl adjacent to an activating group) is 1. The quantitative estimate of drug-likeness (QED) is 0.665. The van der Waals surface area contributed by atoms with Crippen LogP contribution in [0.15, 0.2) is 0 Å². The van der Waals surface area contributed by atoms with E-state index in [1.165, 1.54) is 4.90 Å². The SMILES string of the molecule is CCC(CNC(=O)N(C)CCOC)C(=O)O. The van der Waals surface area contributed by atoms with E-state index in [1.807, 2.05) is 0 Å². The predicted octanol–water partition coefficient (Wildman–Crippen LogP) is 0.385. The van der Waals surface area contributed by atoms with Crippen LogP contribution in [0.4, 0.5) is 4.79 Å². The number of hydrogen-bond donors (Lipinski definition) is 2. The summed E-state index contributed by atoms with van der Waals surface area (Å²) in [5.41, 5.74) is 0. The van der Waals surface area contributed by atoms with Gasteiger partial charge in [0.15, 0.2) is 0 Å². The van der Waals surface area contributed by atoms with Crippen LogP contribution in [0, 0.1) is 5.92 Å². The number of carboxylic acid groups (broad SMARTS) is 1. The number of amides is 2. The van der Waals surface area contributed by atoms with Crippen molar-refractivity contribution in [3.8, 4) is 0 Å². The Morgan fingerprint density at radius 3 is 2.56 bits per heavy atom. The third kappa shape index (κ3) is 5.55. The number of methoxy groups -OCH3 is 1. The van der Waals surface area contributed by atoms with E-state index in [-0.39, 0.29) is 12.6 Å². The largest absolute Gasteiger partial charge is 0.481 e. The number of nitrogens with one attached hydrogen (secondary N) is 1. The summed E-state index contributed by atoms with van der Waals surface area (Å²) in [6, 6.07) is -0.281. The van der Waals surface area contributed by atoms with Crippen molar-refractivity contribution in [3.63, 3.8) is 0 Å². The van der Waals surface area contributed by atoms with Gasteiger partial charge in [-0.2, -0.15) is 0 Å². The number of hydrogen-bond acceptors (Lipinski definition) is 3. The number of carbonyl (C=O) groups is 2. The molecule has 1 atom stereocenters. The van der Waals surface area contributed by atoms with E-state index in [1.54, 1.807) is 21.1 Å². The summed E-state index contributed by atoms with van der Waals surface area (Å²) in [5.74, 6) is -1.41. The highest BCUT2D eigenvalue weighted by molar-refractivity contribution is 5.75. The van der Waals surface area contributed by atoms with E-state index in [4.69, 9.17) is 9.84 Å². The van der Waals surface area contributed by atoms with E-state index in [0.717, 1.165) is 0 Å². The zero-order chi connectivity index (χ0) is 12.6. The number of aliphatic carboxylic acids is 1. The first kappa shape index (κ1) is 14.7. The number of rotatable bonds is 7. The number of carbonyl (C=O) groups excluding carboxylic acids is 1. The average Bonchev–Trinajstić information content (AvgIpc) is 2.25. The Morgan fingerprint density at radius 2 is 2.12 bits per heavy atom. The number of ether oxygens (including phenoxy) is 1. The van der Waals surface area contributed by atoms with Crippen LogP contribution in [0.5, 0.6) is 0 Å². The predicted molar refractivity (Wildman–Crippen MR) is 59.3 cm³/mol. The van der Waals surface area contributed by atoms with Crippen molar-refractivity contribution < 1.29 is 19.4 Å². The summed E-state index contributed by atoms with van der Waals surface area (Å²) in [4.78, 5) is 23.6. The molecule has 0 aromatic heterocycles. The van der Waals surface area contributed by atoms with Gasteiger partial charge in [0.05, 0.1) is 12.5 Å². The Bertz CT molecular complexity index is 233. The highest BCUT2D eigenvalue weighted by Gasteiger charge is 2.16. The van der Waals surface area contributed by atoms with Gasteiger partial charge in [-0.3, -0.25) is 4.79 Å². The zero-order valence-corrected chi connectivity index (χ0v) is 10.0. The lowest BCUT2D eigenvalue weighted by atomic mass is 10.1. The van der Waals surface area contributed by atoms with E-state index in [0.29, 0.717) is 19.6 Å². The summed E-state index contributed by atoms with van der Waals surface area (Å²) < 4.78 is 4.83. The lowest BCUT2D eigenvalue weighted by Crippen LogP contribution is -2.42. The summed E-state index contributed by atoms with van der Waals surface area (Å²) in [7, 11) is 3.19. The minimum atomic E-state index is -0.887. The normalized spacial score (nSPS) is 11.9.